The average Bonchev–Trinajstić information content (AvgIpc) is 2.44. The van der Waals surface area contributed by atoms with Crippen LogP contribution < -0.4 is 5.32 Å². The van der Waals surface area contributed by atoms with Crippen LogP contribution in [0.3, 0.4) is 0 Å². The van der Waals surface area contributed by atoms with Crippen LogP contribution in [0, 0.1) is 0 Å². The largest absolute Gasteiger partial charge is 0.465 e. The SMILES string of the molecule is CCOC(=O)CNC(=O)C1OCCc2ccccc21. The molecular weight excluding hydrogens is 246 g/mol. The van der Waals surface area contributed by atoms with Crippen LogP contribution in [0.25, 0.3) is 0 Å². The number of carbonyl (C=O) groups is 2. The molecule has 1 aromatic rings. The highest BCUT2D eigenvalue weighted by Crippen LogP contribution is 2.26. The van der Waals surface area contributed by atoms with Crippen molar-refractivity contribution in [1.29, 1.82) is 0 Å². The zero-order valence-corrected chi connectivity index (χ0v) is 10.8. The van der Waals surface area contributed by atoms with Gasteiger partial charge in [0.1, 0.15) is 6.54 Å². The summed E-state index contributed by atoms with van der Waals surface area (Å²) in [5.41, 5.74) is 1.99. The van der Waals surface area contributed by atoms with Crippen LogP contribution in [0.1, 0.15) is 24.2 Å². The van der Waals surface area contributed by atoms with Gasteiger partial charge in [-0.2, -0.15) is 0 Å². The molecule has 0 radical (unpaired) electrons. The van der Waals surface area contributed by atoms with Crippen molar-refractivity contribution in [3.8, 4) is 0 Å². The molecule has 1 amide bonds. The number of rotatable bonds is 4. The average molecular weight is 263 g/mol. The van der Waals surface area contributed by atoms with Gasteiger partial charge in [0.2, 0.25) is 0 Å². The first-order valence-electron chi connectivity index (χ1n) is 6.35. The molecule has 0 fully saturated rings. The second-order valence-corrected chi connectivity index (χ2v) is 4.22. The highest BCUT2D eigenvalue weighted by molar-refractivity contribution is 5.86. The minimum absolute atomic E-state index is 0.130. The summed E-state index contributed by atoms with van der Waals surface area (Å²) in [6.45, 7) is 2.40. The van der Waals surface area contributed by atoms with E-state index in [1.54, 1.807) is 6.92 Å². The Morgan fingerprint density at radius 3 is 3.00 bits per heavy atom. The second-order valence-electron chi connectivity index (χ2n) is 4.22. The van der Waals surface area contributed by atoms with Gasteiger partial charge in [0.25, 0.3) is 5.91 Å². The van der Waals surface area contributed by atoms with Crippen LogP contribution in [-0.2, 0) is 25.5 Å². The lowest BCUT2D eigenvalue weighted by atomic mass is 9.97. The van der Waals surface area contributed by atoms with Crippen molar-refractivity contribution in [2.45, 2.75) is 19.4 Å². The van der Waals surface area contributed by atoms with Crippen LogP contribution in [0.5, 0.6) is 0 Å². The van der Waals surface area contributed by atoms with Gasteiger partial charge in [0, 0.05) is 0 Å². The van der Waals surface area contributed by atoms with Crippen molar-refractivity contribution in [2.24, 2.45) is 0 Å². The number of ether oxygens (including phenoxy) is 2. The first kappa shape index (κ1) is 13.5. The van der Waals surface area contributed by atoms with Crippen LogP contribution in [-0.4, -0.2) is 31.6 Å². The molecule has 1 unspecified atom stereocenters. The van der Waals surface area contributed by atoms with E-state index >= 15 is 0 Å². The van der Waals surface area contributed by atoms with E-state index in [0.29, 0.717) is 13.2 Å². The maximum Gasteiger partial charge on any atom is 0.325 e. The minimum atomic E-state index is -0.639. The monoisotopic (exact) mass is 263 g/mol. The van der Waals surface area contributed by atoms with Gasteiger partial charge in [-0.3, -0.25) is 9.59 Å². The van der Waals surface area contributed by atoms with Crippen molar-refractivity contribution in [1.82, 2.24) is 5.32 Å². The topological polar surface area (TPSA) is 64.6 Å². The van der Waals surface area contributed by atoms with Gasteiger partial charge >= 0.3 is 5.97 Å². The molecule has 102 valence electrons. The Balaban J connectivity index is 1.99. The molecule has 1 aliphatic heterocycles. The van der Waals surface area contributed by atoms with E-state index in [4.69, 9.17) is 9.47 Å². The number of hydrogen-bond donors (Lipinski definition) is 1. The lowest BCUT2D eigenvalue weighted by molar-refractivity contribution is -0.145. The number of hydrogen-bond acceptors (Lipinski definition) is 4. The first-order valence-corrected chi connectivity index (χ1v) is 6.35. The van der Waals surface area contributed by atoms with Crippen molar-refractivity contribution in [3.63, 3.8) is 0 Å². The molecule has 1 atom stereocenters. The summed E-state index contributed by atoms with van der Waals surface area (Å²) < 4.78 is 10.2. The van der Waals surface area contributed by atoms with Gasteiger partial charge in [-0.25, -0.2) is 0 Å². The lowest BCUT2D eigenvalue weighted by Gasteiger charge is -2.24. The van der Waals surface area contributed by atoms with E-state index in [1.165, 1.54) is 0 Å². The lowest BCUT2D eigenvalue weighted by Crippen LogP contribution is -2.37. The Bertz CT molecular complexity index is 472. The first-order chi connectivity index (χ1) is 9.22. The highest BCUT2D eigenvalue weighted by Gasteiger charge is 2.27. The Labute approximate surface area is 111 Å². The summed E-state index contributed by atoms with van der Waals surface area (Å²) in [6, 6.07) is 7.68. The van der Waals surface area contributed by atoms with Crippen LogP contribution in [0.2, 0.25) is 0 Å². The Morgan fingerprint density at radius 1 is 1.42 bits per heavy atom. The summed E-state index contributed by atoms with van der Waals surface area (Å²) in [6.07, 6.45) is 0.164. The Hall–Kier alpha value is -1.88. The molecule has 0 saturated heterocycles. The normalized spacial score (nSPS) is 17.4. The van der Waals surface area contributed by atoms with E-state index in [2.05, 4.69) is 5.32 Å². The van der Waals surface area contributed by atoms with Crippen molar-refractivity contribution in [3.05, 3.63) is 35.4 Å². The molecule has 0 aromatic heterocycles. The summed E-state index contributed by atoms with van der Waals surface area (Å²) in [7, 11) is 0. The third-order valence-electron chi connectivity index (χ3n) is 2.94. The quantitative estimate of drug-likeness (QED) is 0.822. The predicted molar refractivity (Wildman–Crippen MR) is 68.5 cm³/mol. The number of benzene rings is 1. The third kappa shape index (κ3) is 3.32. The Morgan fingerprint density at radius 2 is 2.21 bits per heavy atom. The molecule has 0 spiro atoms. The molecule has 1 aromatic carbocycles. The maximum absolute atomic E-state index is 12.0. The molecule has 5 heteroatoms. The standard InChI is InChI=1S/C14H17NO4/c1-2-18-12(16)9-15-14(17)13-11-6-4-3-5-10(11)7-8-19-13/h3-6,13H,2,7-9H2,1H3,(H,15,17). The fourth-order valence-electron chi connectivity index (χ4n) is 2.08. The third-order valence-corrected chi connectivity index (χ3v) is 2.94. The highest BCUT2D eigenvalue weighted by atomic mass is 16.5. The fraction of sp³-hybridized carbons (Fsp3) is 0.429. The number of nitrogens with one attached hydrogen (secondary N) is 1. The van der Waals surface area contributed by atoms with E-state index in [0.717, 1.165) is 17.5 Å². The van der Waals surface area contributed by atoms with Crippen LogP contribution in [0.15, 0.2) is 24.3 Å². The molecule has 0 bridgehead atoms. The van der Waals surface area contributed by atoms with Gasteiger partial charge in [-0.15, -0.1) is 0 Å². The maximum atomic E-state index is 12.0. The minimum Gasteiger partial charge on any atom is -0.465 e. The van der Waals surface area contributed by atoms with E-state index in [9.17, 15) is 9.59 Å². The molecule has 1 heterocycles. The summed E-state index contributed by atoms with van der Waals surface area (Å²) in [4.78, 5) is 23.2. The van der Waals surface area contributed by atoms with Crippen molar-refractivity contribution >= 4 is 11.9 Å². The molecule has 1 aliphatic rings. The van der Waals surface area contributed by atoms with Crippen LogP contribution in [0.4, 0.5) is 0 Å². The molecule has 19 heavy (non-hydrogen) atoms. The van der Waals surface area contributed by atoms with E-state index < -0.39 is 12.1 Å². The fourth-order valence-corrected chi connectivity index (χ4v) is 2.08. The summed E-state index contributed by atoms with van der Waals surface area (Å²) in [5.74, 6) is -0.750. The molecule has 5 nitrogen and oxygen atoms in total. The number of esters is 1. The summed E-state index contributed by atoms with van der Waals surface area (Å²) in [5, 5.41) is 2.54. The smallest absolute Gasteiger partial charge is 0.325 e. The molecule has 0 saturated carbocycles. The second kappa shape index (κ2) is 6.33. The van der Waals surface area contributed by atoms with Crippen molar-refractivity contribution < 1.29 is 19.1 Å². The zero-order chi connectivity index (χ0) is 13.7. The Kier molecular flexibility index (Phi) is 4.52. The van der Waals surface area contributed by atoms with Gasteiger partial charge in [0.15, 0.2) is 6.10 Å². The number of fused-ring (bicyclic) bond motifs is 1. The van der Waals surface area contributed by atoms with E-state index in [-0.39, 0.29) is 12.5 Å². The van der Waals surface area contributed by atoms with Gasteiger partial charge in [0.05, 0.1) is 13.2 Å². The molecule has 1 N–H and O–H groups in total. The number of carbonyl (C=O) groups excluding carboxylic acids is 2. The van der Waals surface area contributed by atoms with Gasteiger partial charge in [-0.05, 0) is 24.5 Å². The van der Waals surface area contributed by atoms with Gasteiger partial charge < -0.3 is 14.8 Å². The van der Waals surface area contributed by atoms with Crippen molar-refractivity contribution in [2.75, 3.05) is 19.8 Å². The molecular formula is C14H17NO4. The van der Waals surface area contributed by atoms with E-state index in [1.807, 2.05) is 24.3 Å². The van der Waals surface area contributed by atoms with Crippen LogP contribution >= 0.6 is 0 Å². The predicted octanol–water partition coefficient (Wildman–Crippen LogP) is 0.980. The van der Waals surface area contributed by atoms with Gasteiger partial charge in [-0.1, -0.05) is 24.3 Å². The molecule has 2 rings (SSSR count). The molecule has 0 aliphatic carbocycles. The zero-order valence-electron chi connectivity index (χ0n) is 10.8. The number of amides is 1. The summed E-state index contributed by atoms with van der Waals surface area (Å²) >= 11 is 0.